The third-order valence-electron chi connectivity index (χ3n) is 2.79. The molecule has 0 aromatic heterocycles. The normalized spacial score (nSPS) is 10.5. The zero-order chi connectivity index (χ0) is 15.6. The first-order valence-corrected chi connectivity index (χ1v) is 6.64. The van der Waals surface area contributed by atoms with Gasteiger partial charge in [0.2, 0.25) is 0 Å². The van der Waals surface area contributed by atoms with Gasteiger partial charge in [0.15, 0.2) is 0 Å². The molecule has 0 saturated carbocycles. The smallest absolute Gasteiger partial charge is 0.251 e. The third kappa shape index (κ3) is 3.55. The average Bonchev–Trinajstić information content (AvgIpc) is 2.41. The number of benzene rings is 2. The van der Waals surface area contributed by atoms with Gasteiger partial charge in [0.1, 0.15) is 17.5 Å². The topological polar surface area (TPSA) is 55.1 Å². The third-order valence-corrected chi connectivity index (χ3v) is 3.40. The van der Waals surface area contributed by atoms with E-state index in [-0.39, 0.29) is 16.7 Å². The quantitative estimate of drug-likeness (QED) is 0.877. The standard InChI is InChI=1S/C14H10BrF3N2O/c15-9-3-7(1-2-10(9)16)6-20-13-4-8(14(19)21)11(17)5-12(13)18/h1-5,20H,6H2,(H2,19,21). The van der Waals surface area contributed by atoms with Crippen LogP contribution in [0.5, 0.6) is 0 Å². The van der Waals surface area contributed by atoms with Crippen molar-refractivity contribution in [1.29, 1.82) is 0 Å². The molecule has 21 heavy (non-hydrogen) atoms. The van der Waals surface area contributed by atoms with Crippen LogP contribution < -0.4 is 11.1 Å². The number of nitrogens with two attached hydrogens (primary N) is 1. The fourth-order valence-electron chi connectivity index (χ4n) is 1.72. The van der Waals surface area contributed by atoms with Gasteiger partial charge in [-0.1, -0.05) is 6.07 Å². The summed E-state index contributed by atoms with van der Waals surface area (Å²) in [6, 6.07) is 5.90. The maximum Gasteiger partial charge on any atom is 0.251 e. The first-order chi connectivity index (χ1) is 9.88. The largest absolute Gasteiger partial charge is 0.379 e. The Hall–Kier alpha value is -2.02. The van der Waals surface area contributed by atoms with Crippen molar-refractivity contribution < 1.29 is 18.0 Å². The van der Waals surface area contributed by atoms with E-state index in [9.17, 15) is 18.0 Å². The molecule has 0 spiro atoms. The summed E-state index contributed by atoms with van der Waals surface area (Å²) in [5.41, 5.74) is 5.21. The van der Waals surface area contributed by atoms with Crippen LogP contribution in [0.1, 0.15) is 15.9 Å². The molecule has 0 heterocycles. The minimum atomic E-state index is -1.02. The summed E-state index contributed by atoms with van der Waals surface area (Å²) >= 11 is 3.04. The second-order valence-electron chi connectivity index (χ2n) is 4.28. The number of rotatable bonds is 4. The van der Waals surface area contributed by atoms with Gasteiger partial charge in [0, 0.05) is 12.6 Å². The minimum Gasteiger partial charge on any atom is -0.379 e. The van der Waals surface area contributed by atoms with Crippen molar-refractivity contribution in [2.75, 3.05) is 5.32 Å². The fourth-order valence-corrected chi connectivity index (χ4v) is 2.15. The molecule has 0 aliphatic heterocycles. The molecule has 0 unspecified atom stereocenters. The van der Waals surface area contributed by atoms with E-state index in [0.717, 1.165) is 6.07 Å². The van der Waals surface area contributed by atoms with Crippen LogP contribution in [0.4, 0.5) is 18.9 Å². The lowest BCUT2D eigenvalue weighted by molar-refractivity contribution is 0.0996. The van der Waals surface area contributed by atoms with Crippen LogP contribution in [0.25, 0.3) is 0 Å². The molecule has 0 bridgehead atoms. The van der Waals surface area contributed by atoms with Crippen LogP contribution in [-0.4, -0.2) is 5.91 Å². The maximum atomic E-state index is 13.6. The molecule has 0 radical (unpaired) electrons. The fraction of sp³-hybridized carbons (Fsp3) is 0.0714. The van der Waals surface area contributed by atoms with Gasteiger partial charge in [-0.2, -0.15) is 0 Å². The van der Waals surface area contributed by atoms with Gasteiger partial charge in [-0.15, -0.1) is 0 Å². The lowest BCUT2D eigenvalue weighted by atomic mass is 10.1. The molecule has 0 saturated heterocycles. The van der Waals surface area contributed by atoms with E-state index < -0.39 is 28.9 Å². The second-order valence-corrected chi connectivity index (χ2v) is 5.13. The van der Waals surface area contributed by atoms with Gasteiger partial charge >= 0.3 is 0 Å². The van der Waals surface area contributed by atoms with Gasteiger partial charge < -0.3 is 11.1 Å². The maximum absolute atomic E-state index is 13.6. The number of anilines is 1. The number of carbonyl (C=O) groups is 1. The SMILES string of the molecule is NC(=O)c1cc(NCc2ccc(F)c(Br)c2)c(F)cc1F. The van der Waals surface area contributed by atoms with Crippen LogP contribution in [0.15, 0.2) is 34.8 Å². The molecule has 2 rings (SSSR count). The predicted molar refractivity (Wildman–Crippen MR) is 76.3 cm³/mol. The molecule has 2 aromatic carbocycles. The molecule has 0 atom stereocenters. The zero-order valence-electron chi connectivity index (χ0n) is 10.6. The number of hydrogen-bond acceptors (Lipinski definition) is 2. The van der Waals surface area contributed by atoms with Crippen molar-refractivity contribution in [3.8, 4) is 0 Å². The summed E-state index contributed by atoms with van der Waals surface area (Å²) in [5, 5.41) is 2.71. The van der Waals surface area contributed by atoms with Gasteiger partial charge in [-0.05, 0) is 39.7 Å². The lowest BCUT2D eigenvalue weighted by Gasteiger charge is -2.10. The van der Waals surface area contributed by atoms with E-state index in [1.54, 1.807) is 0 Å². The molecule has 110 valence electrons. The average molecular weight is 359 g/mol. The lowest BCUT2D eigenvalue weighted by Crippen LogP contribution is -2.14. The number of amides is 1. The van der Waals surface area contributed by atoms with Gasteiger partial charge in [0.25, 0.3) is 5.91 Å². The Morgan fingerprint density at radius 3 is 2.43 bits per heavy atom. The molecule has 3 nitrogen and oxygen atoms in total. The minimum absolute atomic E-state index is 0.0642. The molecule has 7 heteroatoms. The Balaban J connectivity index is 2.21. The van der Waals surface area contributed by atoms with E-state index in [2.05, 4.69) is 21.2 Å². The van der Waals surface area contributed by atoms with Crippen molar-refractivity contribution in [2.45, 2.75) is 6.54 Å². The molecule has 1 amide bonds. The van der Waals surface area contributed by atoms with E-state index in [4.69, 9.17) is 5.73 Å². The van der Waals surface area contributed by atoms with Crippen LogP contribution in [0, 0.1) is 17.5 Å². The first-order valence-electron chi connectivity index (χ1n) is 5.85. The Morgan fingerprint density at radius 1 is 1.10 bits per heavy atom. The van der Waals surface area contributed by atoms with Crippen LogP contribution in [0.3, 0.4) is 0 Å². The molecular formula is C14H10BrF3N2O. The van der Waals surface area contributed by atoms with Crippen LogP contribution in [-0.2, 0) is 6.54 Å². The summed E-state index contributed by atoms with van der Waals surface area (Å²) in [5.74, 6) is -3.27. The molecule has 3 N–H and O–H groups in total. The van der Waals surface area contributed by atoms with E-state index in [1.165, 1.54) is 18.2 Å². The summed E-state index contributed by atoms with van der Waals surface area (Å²) in [7, 11) is 0. The van der Waals surface area contributed by atoms with E-state index >= 15 is 0 Å². The Labute approximate surface area is 127 Å². The highest BCUT2D eigenvalue weighted by molar-refractivity contribution is 9.10. The Bertz CT molecular complexity index is 707. The van der Waals surface area contributed by atoms with Gasteiger partial charge in [0.05, 0.1) is 15.7 Å². The van der Waals surface area contributed by atoms with E-state index in [1.807, 2.05) is 0 Å². The van der Waals surface area contributed by atoms with Crippen molar-refractivity contribution in [2.24, 2.45) is 5.73 Å². The number of carbonyl (C=O) groups excluding carboxylic acids is 1. The number of halogens is 4. The number of nitrogens with one attached hydrogen (secondary N) is 1. The summed E-state index contributed by atoms with van der Waals surface area (Å²) in [6.45, 7) is 0.166. The summed E-state index contributed by atoms with van der Waals surface area (Å²) in [6.07, 6.45) is 0. The highest BCUT2D eigenvalue weighted by atomic mass is 79.9. The van der Waals surface area contributed by atoms with Crippen molar-refractivity contribution >= 4 is 27.5 Å². The highest BCUT2D eigenvalue weighted by Crippen LogP contribution is 2.21. The molecular weight excluding hydrogens is 349 g/mol. The van der Waals surface area contributed by atoms with Gasteiger partial charge in [-0.3, -0.25) is 4.79 Å². The van der Waals surface area contributed by atoms with Crippen LogP contribution in [0.2, 0.25) is 0 Å². The second kappa shape index (κ2) is 6.17. The number of hydrogen-bond donors (Lipinski definition) is 2. The molecule has 0 fully saturated rings. The van der Waals surface area contributed by atoms with Crippen molar-refractivity contribution in [1.82, 2.24) is 0 Å². The summed E-state index contributed by atoms with van der Waals surface area (Å²) in [4.78, 5) is 11.0. The number of primary amides is 1. The summed E-state index contributed by atoms with van der Waals surface area (Å²) < 4.78 is 40.3. The Morgan fingerprint density at radius 2 is 1.81 bits per heavy atom. The molecule has 2 aromatic rings. The monoisotopic (exact) mass is 358 g/mol. The highest BCUT2D eigenvalue weighted by Gasteiger charge is 2.13. The zero-order valence-corrected chi connectivity index (χ0v) is 12.2. The van der Waals surface area contributed by atoms with E-state index in [0.29, 0.717) is 11.6 Å². The van der Waals surface area contributed by atoms with Crippen molar-refractivity contribution in [3.05, 3.63) is 63.4 Å². The predicted octanol–water partition coefficient (Wildman–Crippen LogP) is 3.58. The van der Waals surface area contributed by atoms with Crippen molar-refractivity contribution in [3.63, 3.8) is 0 Å². The first kappa shape index (κ1) is 15.4. The molecule has 0 aliphatic carbocycles. The van der Waals surface area contributed by atoms with Gasteiger partial charge in [-0.25, -0.2) is 13.2 Å². The van der Waals surface area contributed by atoms with Crippen LogP contribution >= 0.6 is 15.9 Å². The Kier molecular flexibility index (Phi) is 4.52. The molecule has 0 aliphatic rings.